The number of carbonyl (C=O) groups excluding carboxylic acids is 1. The summed E-state index contributed by atoms with van der Waals surface area (Å²) in [5.74, 6) is 0.116. The summed E-state index contributed by atoms with van der Waals surface area (Å²) in [6.45, 7) is 10.1. The van der Waals surface area contributed by atoms with Gasteiger partial charge < -0.3 is 10.6 Å². The monoisotopic (exact) mass is 241 g/mol. The summed E-state index contributed by atoms with van der Waals surface area (Å²) in [5.41, 5.74) is -0.156. The molecule has 4 nitrogen and oxygen atoms in total. The third-order valence-electron chi connectivity index (χ3n) is 3.34. The van der Waals surface area contributed by atoms with E-state index in [9.17, 15) is 4.79 Å². The maximum Gasteiger partial charge on any atom is 0.237 e. The van der Waals surface area contributed by atoms with Gasteiger partial charge in [-0.3, -0.25) is 9.69 Å². The topological polar surface area (TPSA) is 44.4 Å². The minimum absolute atomic E-state index is 0.0703. The Kier molecular flexibility index (Phi) is 4.95. The first kappa shape index (κ1) is 14.5. The first-order valence-corrected chi connectivity index (χ1v) is 6.56. The SMILES string of the molecule is CC(C(=O)NC(C)(C)C)N(C)C1CCCNC1. The molecule has 1 amide bonds. The molecule has 0 aromatic carbocycles. The van der Waals surface area contributed by atoms with Gasteiger partial charge >= 0.3 is 0 Å². The molecule has 0 aromatic rings. The minimum atomic E-state index is -0.156. The second kappa shape index (κ2) is 5.83. The van der Waals surface area contributed by atoms with Crippen LogP contribution < -0.4 is 10.6 Å². The molecule has 1 fully saturated rings. The molecule has 100 valence electrons. The molecule has 0 aromatic heterocycles. The second-order valence-corrected chi connectivity index (χ2v) is 6.08. The van der Waals surface area contributed by atoms with Gasteiger partial charge in [0.2, 0.25) is 5.91 Å². The third-order valence-corrected chi connectivity index (χ3v) is 3.34. The van der Waals surface area contributed by atoms with Gasteiger partial charge in [0.25, 0.3) is 0 Å². The van der Waals surface area contributed by atoms with Gasteiger partial charge in [0.1, 0.15) is 0 Å². The molecular formula is C13H27N3O. The molecule has 17 heavy (non-hydrogen) atoms. The van der Waals surface area contributed by atoms with E-state index in [0.29, 0.717) is 6.04 Å². The molecular weight excluding hydrogens is 214 g/mol. The second-order valence-electron chi connectivity index (χ2n) is 6.08. The van der Waals surface area contributed by atoms with Crippen LogP contribution in [0.15, 0.2) is 0 Å². The summed E-state index contributed by atoms with van der Waals surface area (Å²) in [4.78, 5) is 14.3. The molecule has 2 atom stereocenters. The number of hydrogen-bond acceptors (Lipinski definition) is 3. The lowest BCUT2D eigenvalue weighted by atomic mass is 10.0. The van der Waals surface area contributed by atoms with Gasteiger partial charge in [0.05, 0.1) is 6.04 Å². The van der Waals surface area contributed by atoms with Gasteiger partial charge in [0.15, 0.2) is 0 Å². The van der Waals surface area contributed by atoms with Crippen molar-refractivity contribution in [2.45, 2.75) is 58.2 Å². The summed E-state index contributed by atoms with van der Waals surface area (Å²) in [7, 11) is 2.05. The number of piperidine rings is 1. The third kappa shape index (κ3) is 4.64. The van der Waals surface area contributed by atoms with Gasteiger partial charge in [-0.1, -0.05) is 0 Å². The number of likely N-dealkylation sites (N-methyl/N-ethyl adjacent to an activating group) is 1. The Morgan fingerprint density at radius 1 is 1.47 bits per heavy atom. The van der Waals surface area contributed by atoms with E-state index in [1.54, 1.807) is 0 Å². The lowest BCUT2D eigenvalue weighted by Gasteiger charge is -2.36. The summed E-state index contributed by atoms with van der Waals surface area (Å²) < 4.78 is 0. The Labute approximate surface area is 105 Å². The standard InChI is InChI=1S/C13H27N3O/c1-10(12(17)15-13(2,3)4)16(5)11-7-6-8-14-9-11/h10-11,14H,6-9H2,1-5H3,(H,15,17). The Bertz CT molecular complexity index is 254. The summed E-state index contributed by atoms with van der Waals surface area (Å²) in [6, 6.07) is 0.406. The van der Waals surface area contributed by atoms with E-state index in [-0.39, 0.29) is 17.5 Å². The van der Waals surface area contributed by atoms with E-state index in [4.69, 9.17) is 0 Å². The highest BCUT2D eigenvalue weighted by atomic mass is 16.2. The van der Waals surface area contributed by atoms with Crippen molar-refractivity contribution in [2.75, 3.05) is 20.1 Å². The number of amides is 1. The number of nitrogens with zero attached hydrogens (tertiary/aromatic N) is 1. The maximum atomic E-state index is 12.1. The minimum Gasteiger partial charge on any atom is -0.350 e. The van der Waals surface area contributed by atoms with Crippen LogP contribution in [0.4, 0.5) is 0 Å². The van der Waals surface area contributed by atoms with Crippen molar-refractivity contribution in [3.05, 3.63) is 0 Å². The summed E-state index contributed by atoms with van der Waals surface area (Å²) >= 11 is 0. The zero-order valence-corrected chi connectivity index (χ0v) is 11.8. The maximum absolute atomic E-state index is 12.1. The van der Waals surface area contributed by atoms with E-state index in [1.807, 2.05) is 34.7 Å². The number of carbonyl (C=O) groups is 1. The molecule has 0 aliphatic carbocycles. The summed E-state index contributed by atoms with van der Waals surface area (Å²) in [5, 5.41) is 6.42. The van der Waals surface area contributed by atoms with Crippen molar-refractivity contribution in [1.82, 2.24) is 15.5 Å². The first-order valence-electron chi connectivity index (χ1n) is 6.56. The van der Waals surface area contributed by atoms with E-state index >= 15 is 0 Å². The normalized spacial score (nSPS) is 23.5. The van der Waals surface area contributed by atoms with E-state index in [0.717, 1.165) is 13.1 Å². The van der Waals surface area contributed by atoms with E-state index in [1.165, 1.54) is 12.8 Å². The van der Waals surface area contributed by atoms with Crippen molar-refractivity contribution in [1.29, 1.82) is 0 Å². The smallest absolute Gasteiger partial charge is 0.237 e. The van der Waals surface area contributed by atoms with Gasteiger partial charge in [-0.25, -0.2) is 0 Å². The molecule has 1 aliphatic rings. The zero-order chi connectivity index (χ0) is 13.1. The highest BCUT2D eigenvalue weighted by Crippen LogP contribution is 2.12. The van der Waals surface area contributed by atoms with Crippen LogP contribution in [0.3, 0.4) is 0 Å². The fraction of sp³-hybridized carbons (Fsp3) is 0.923. The van der Waals surface area contributed by atoms with Crippen LogP contribution in [0.2, 0.25) is 0 Å². The van der Waals surface area contributed by atoms with Crippen LogP contribution in [-0.2, 0) is 4.79 Å². The largest absolute Gasteiger partial charge is 0.350 e. The molecule has 1 aliphatic heterocycles. The molecule has 0 spiro atoms. The van der Waals surface area contributed by atoms with Crippen molar-refractivity contribution in [2.24, 2.45) is 0 Å². The van der Waals surface area contributed by atoms with Crippen molar-refractivity contribution in [3.8, 4) is 0 Å². The molecule has 1 heterocycles. The Balaban J connectivity index is 2.50. The first-order chi connectivity index (χ1) is 7.81. The van der Waals surface area contributed by atoms with Gasteiger partial charge in [-0.15, -0.1) is 0 Å². The van der Waals surface area contributed by atoms with Gasteiger partial charge in [0, 0.05) is 18.1 Å². The number of rotatable bonds is 3. The molecule has 0 saturated carbocycles. The quantitative estimate of drug-likeness (QED) is 0.774. The number of hydrogen-bond donors (Lipinski definition) is 2. The highest BCUT2D eigenvalue weighted by molar-refractivity contribution is 5.81. The lowest BCUT2D eigenvalue weighted by Crippen LogP contribution is -2.55. The van der Waals surface area contributed by atoms with Crippen LogP contribution in [0.25, 0.3) is 0 Å². The van der Waals surface area contributed by atoms with E-state index < -0.39 is 0 Å². The molecule has 4 heteroatoms. The zero-order valence-electron chi connectivity index (χ0n) is 11.8. The Hall–Kier alpha value is -0.610. The Morgan fingerprint density at radius 3 is 2.59 bits per heavy atom. The van der Waals surface area contributed by atoms with Crippen molar-refractivity contribution in [3.63, 3.8) is 0 Å². The highest BCUT2D eigenvalue weighted by Gasteiger charge is 2.27. The number of nitrogens with one attached hydrogen (secondary N) is 2. The molecule has 1 saturated heterocycles. The van der Waals surface area contributed by atoms with Crippen LogP contribution in [0.5, 0.6) is 0 Å². The lowest BCUT2D eigenvalue weighted by molar-refractivity contribution is -0.127. The Morgan fingerprint density at radius 2 is 2.12 bits per heavy atom. The fourth-order valence-electron chi connectivity index (χ4n) is 2.16. The fourth-order valence-corrected chi connectivity index (χ4v) is 2.16. The van der Waals surface area contributed by atoms with Crippen LogP contribution in [-0.4, -0.2) is 48.6 Å². The average Bonchev–Trinajstić information content (AvgIpc) is 2.26. The predicted molar refractivity (Wildman–Crippen MR) is 71.0 cm³/mol. The van der Waals surface area contributed by atoms with E-state index in [2.05, 4.69) is 15.5 Å². The molecule has 2 unspecified atom stereocenters. The summed E-state index contributed by atoms with van der Waals surface area (Å²) in [6.07, 6.45) is 2.37. The van der Waals surface area contributed by atoms with Crippen LogP contribution >= 0.6 is 0 Å². The van der Waals surface area contributed by atoms with Crippen molar-refractivity contribution >= 4 is 5.91 Å². The van der Waals surface area contributed by atoms with Crippen LogP contribution in [0, 0.1) is 0 Å². The molecule has 0 bridgehead atoms. The predicted octanol–water partition coefficient (Wildman–Crippen LogP) is 0.973. The average molecular weight is 241 g/mol. The van der Waals surface area contributed by atoms with Crippen LogP contribution in [0.1, 0.15) is 40.5 Å². The molecule has 1 rings (SSSR count). The molecule has 0 radical (unpaired) electrons. The molecule has 2 N–H and O–H groups in total. The van der Waals surface area contributed by atoms with Gasteiger partial charge in [-0.05, 0) is 54.1 Å². The van der Waals surface area contributed by atoms with Crippen molar-refractivity contribution < 1.29 is 4.79 Å². The van der Waals surface area contributed by atoms with Gasteiger partial charge in [-0.2, -0.15) is 0 Å².